The van der Waals surface area contributed by atoms with Gasteiger partial charge in [-0.15, -0.1) is 0 Å². The van der Waals surface area contributed by atoms with E-state index in [1.807, 2.05) is 19.1 Å². The Morgan fingerprint density at radius 1 is 1.03 bits per heavy atom. The third-order valence-corrected chi connectivity index (χ3v) is 6.12. The van der Waals surface area contributed by atoms with Crippen LogP contribution in [0.15, 0.2) is 65.6 Å². The van der Waals surface area contributed by atoms with Gasteiger partial charge in [0.05, 0.1) is 11.5 Å². The summed E-state index contributed by atoms with van der Waals surface area (Å²) in [5.41, 5.74) is 5.36. The highest BCUT2D eigenvalue weighted by Gasteiger charge is 2.16. The van der Waals surface area contributed by atoms with Gasteiger partial charge in [0.2, 0.25) is 5.91 Å². The second-order valence-electron chi connectivity index (χ2n) is 7.06. The van der Waals surface area contributed by atoms with Gasteiger partial charge in [0.25, 0.3) is 15.9 Å². The van der Waals surface area contributed by atoms with Crippen LogP contribution in [0, 0.1) is 5.92 Å². The maximum atomic E-state index is 12.5. The van der Waals surface area contributed by atoms with E-state index in [1.54, 1.807) is 12.1 Å². The SMILES string of the molecule is CCOc1ccc(S(=O)(=O)Nc2ccc(C(=O)NNC(=O)CC3C=CCC3)cc2)cc1. The molecule has 1 unspecified atom stereocenters. The third kappa shape index (κ3) is 6.32. The van der Waals surface area contributed by atoms with Crippen LogP contribution in [-0.2, 0) is 14.8 Å². The van der Waals surface area contributed by atoms with Gasteiger partial charge in [-0.3, -0.25) is 25.2 Å². The quantitative estimate of drug-likeness (QED) is 0.429. The van der Waals surface area contributed by atoms with Crippen molar-refractivity contribution >= 4 is 27.5 Å². The summed E-state index contributed by atoms with van der Waals surface area (Å²) >= 11 is 0. The van der Waals surface area contributed by atoms with E-state index in [2.05, 4.69) is 15.6 Å². The molecule has 2 aromatic carbocycles. The summed E-state index contributed by atoms with van der Waals surface area (Å²) in [7, 11) is -3.78. The molecule has 0 saturated carbocycles. The van der Waals surface area contributed by atoms with Crippen molar-refractivity contribution in [1.82, 2.24) is 10.9 Å². The van der Waals surface area contributed by atoms with Crippen LogP contribution in [0.25, 0.3) is 0 Å². The number of benzene rings is 2. The Morgan fingerprint density at radius 3 is 2.35 bits per heavy atom. The zero-order valence-electron chi connectivity index (χ0n) is 17.1. The molecule has 1 aliphatic carbocycles. The first-order chi connectivity index (χ1) is 14.9. The van der Waals surface area contributed by atoms with Gasteiger partial charge < -0.3 is 4.74 Å². The second-order valence-corrected chi connectivity index (χ2v) is 8.74. The average molecular weight is 444 g/mol. The number of anilines is 1. The van der Waals surface area contributed by atoms with E-state index >= 15 is 0 Å². The van der Waals surface area contributed by atoms with Crippen LogP contribution in [0.1, 0.15) is 36.5 Å². The fourth-order valence-electron chi connectivity index (χ4n) is 3.14. The lowest BCUT2D eigenvalue weighted by atomic mass is 10.1. The molecule has 0 aromatic heterocycles. The number of rotatable bonds is 8. The smallest absolute Gasteiger partial charge is 0.269 e. The van der Waals surface area contributed by atoms with Crippen molar-refractivity contribution in [3.8, 4) is 5.75 Å². The lowest BCUT2D eigenvalue weighted by Crippen LogP contribution is -2.42. The monoisotopic (exact) mass is 443 g/mol. The molecule has 0 saturated heterocycles. The summed E-state index contributed by atoms with van der Waals surface area (Å²) in [4.78, 5) is 24.2. The molecule has 0 heterocycles. The molecule has 31 heavy (non-hydrogen) atoms. The molecule has 0 bridgehead atoms. The van der Waals surface area contributed by atoms with Crippen molar-refractivity contribution in [3.63, 3.8) is 0 Å². The normalized spacial score (nSPS) is 15.3. The molecule has 1 aliphatic rings. The predicted molar refractivity (Wildman–Crippen MR) is 117 cm³/mol. The minimum Gasteiger partial charge on any atom is -0.494 e. The number of nitrogens with one attached hydrogen (secondary N) is 3. The first-order valence-corrected chi connectivity index (χ1v) is 11.5. The van der Waals surface area contributed by atoms with Gasteiger partial charge in [-0.25, -0.2) is 8.42 Å². The number of hydrazine groups is 1. The molecule has 1 atom stereocenters. The Bertz CT molecular complexity index is 1050. The molecule has 0 radical (unpaired) electrons. The summed E-state index contributed by atoms with van der Waals surface area (Å²) in [5, 5.41) is 0. The van der Waals surface area contributed by atoms with Crippen molar-refractivity contribution in [2.24, 2.45) is 5.92 Å². The van der Waals surface area contributed by atoms with E-state index in [1.165, 1.54) is 36.4 Å². The van der Waals surface area contributed by atoms with E-state index in [-0.39, 0.29) is 22.3 Å². The molecule has 9 heteroatoms. The Hall–Kier alpha value is -3.33. The molecule has 0 fully saturated rings. The van der Waals surface area contributed by atoms with Crippen molar-refractivity contribution in [3.05, 3.63) is 66.2 Å². The molecule has 2 aromatic rings. The topological polar surface area (TPSA) is 114 Å². The lowest BCUT2D eigenvalue weighted by Gasteiger charge is -2.11. The van der Waals surface area contributed by atoms with Gasteiger partial charge >= 0.3 is 0 Å². The van der Waals surface area contributed by atoms with Crippen molar-refractivity contribution < 1.29 is 22.7 Å². The fraction of sp³-hybridized carbons (Fsp3) is 0.273. The maximum absolute atomic E-state index is 12.5. The molecular weight excluding hydrogens is 418 g/mol. The Balaban J connectivity index is 1.54. The number of sulfonamides is 1. The van der Waals surface area contributed by atoms with E-state index in [9.17, 15) is 18.0 Å². The summed E-state index contributed by atoms with van der Waals surface area (Å²) in [6.07, 6.45) is 6.29. The van der Waals surface area contributed by atoms with E-state index in [4.69, 9.17) is 4.74 Å². The first-order valence-electron chi connectivity index (χ1n) is 9.99. The fourth-order valence-corrected chi connectivity index (χ4v) is 4.20. The Labute approximate surface area is 181 Å². The van der Waals surface area contributed by atoms with E-state index in [0.717, 1.165) is 12.8 Å². The largest absolute Gasteiger partial charge is 0.494 e. The van der Waals surface area contributed by atoms with Gasteiger partial charge in [0.15, 0.2) is 0 Å². The van der Waals surface area contributed by atoms with Crippen LogP contribution in [0.3, 0.4) is 0 Å². The zero-order valence-corrected chi connectivity index (χ0v) is 17.9. The molecule has 3 rings (SSSR count). The van der Waals surface area contributed by atoms with Gasteiger partial charge in [-0.2, -0.15) is 0 Å². The molecule has 3 N–H and O–H groups in total. The highest BCUT2D eigenvalue weighted by Crippen LogP contribution is 2.21. The van der Waals surface area contributed by atoms with Gasteiger partial charge in [0.1, 0.15) is 5.75 Å². The molecule has 2 amide bonds. The van der Waals surface area contributed by atoms with Crippen molar-refractivity contribution in [1.29, 1.82) is 0 Å². The van der Waals surface area contributed by atoms with Crippen LogP contribution < -0.4 is 20.3 Å². The molecule has 164 valence electrons. The molecule has 8 nitrogen and oxygen atoms in total. The summed E-state index contributed by atoms with van der Waals surface area (Å²) in [5.74, 6) is 0.0454. The van der Waals surface area contributed by atoms with Gasteiger partial charge in [-0.1, -0.05) is 12.2 Å². The number of carbonyl (C=O) groups is 2. The summed E-state index contributed by atoms with van der Waals surface area (Å²) in [6.45, 7) is 2.34. The predicted octanol–water partition coefficient (Wildman–Crippen LogP) is 3.00. The van der Waals surface area contributed by atoms with Crippen LogP contribution in [0.4, 0.5) is 5.69 Å². The standard InChI is InChI=1S/C22H25N3O5S/c1-2-30-19-11-13-20(14-12-19)31(28,29)25-18-9-7-17(8-10-18)22(27)24-23-21(26)15-16-5-3-4-6-16/h3,5,7-14,16,25H,2,4,6,15H2,1H3,(H,23,26)(H,24,27). The van der Waals surface area contributed by atoms with Crippen LogP contribution in [0.2, 0.25) is 0 Å². The summed E-state index contributed by atoms with van der Waals surface area (Å²) in [6, 6.07) is 12.0. The lowest BCUT2D eigenvalue weighted by molar-refractivity contribution is -0.122. The van der Waals surface area contributed by atoms with Crippen LogP contribution in [-0.4, -0.2) is 26.8 Å². The van der Waals surface area contributed by atoms with Gasteiger partial charge in [0, 0.05) is 17.7 Å². The number of hydrogen-bond donors (Lipinski definition) is 3. The third-order valence-electron chi connectivity index (χ3n) is 4.72. The van der Waals surface area contributed by atoms with E-state index in [0.29, 0.717) is 24.5 Å². The van der Waals surface area contributed by atoms with Crippen LogP contribution in [0.5, 0.6) is 5.75 Å². The van der Waals surface area contributed by atoms with Gasteiger partial charge in [-0.05, 0) is 74.2 Å². The van der Waals surface area contributed by atoms with Crippen molar-refractivity contribution in [2.45, 2.75) is 31.1 Å². The molecular formula is C22H25N3O5S. The number of allylic oxidation sites excluding steroid dienone is 2. The number of hydrogen-bond acceptors (Lipinski definition) is 5. The second kappa shape index (κ2) is 10.1. The number of carbonyl (C=O) groups excluding carboxylic acids is 2. The maximum Gasteiger partial charge on any atom is 0.269 e. The minimum atomic E-state index is -3.78. The number of amides is 2. The minimum absolute atomic E-state index is 0.0950. The Kier molecular flexibility index (Phi) is 7.30. The van der Waals surface area contributed by atoms with Crippen LogP contribution >= 0.6 is 0 Å². The van der Waals surface area contributed by atoms with Crippen molar-refractivity contribution in [2.75, 3.05) is 11.3 Å². The van der Waals surface area contributed by atoms with E-state index < -0.39 is 15.9 Å². The molecule has 0 spiro atoms. The highest BCUT2D eigenvalue weighted by molar-refractivity contribution is 7.92. The molecule has 0 aliphatic heterocycles. The highest BCUT2D eigenvalue weighted by atomic mass is 32.2. The zero-order chi connectivity index (χ0) is 22.3. The first kappa shape index (κ1) is 22.4. The Morgan fingerprint density at radius 2 is 1.74 bits per heavy atom. The summed E-state index contributed by atoms with van der Waals surface area (Å²) < 4.78 is 32.8. The average Bonchev–Trinajstić information content (AvgIpc) is 3.26. The number of ether oxygens (including phenoxy) is 1.